The molecule has 2 heteroatoms. The maximum Gasteiger partial charge on any atom is 0.119 e. The zero-order valence-electron chi connectivity index (χ0n) is 17.9. The van der Waals surface area contributed by atoms with Crippen LogP contribution >= 0.6 is 0 Å². The minimum Gasteiger partial charge on any atom is -0.492 e. The first-order chi connectivity index (χ1) is 14.8. The molecule has 0 unspecified atom stereocenters. The lowest BCUT2D eigenvalue weighted by Gasteiger charge is -2.17. The maximum atomic E-state index is 6.02. The highest BCUT2D eigenvalue weighted by Gasteiger charge is 2.13. The van der Waals surface area contributed by atoms with Gasteiger partial charge in [0.25, 0.3) is 0 Å². The van der Waals surface area contributed by atoms with Gasteiger partial charge in [0, 0.05) is 6.54 Å². The predicted octanol–water partition coefficient (Wildman–Crippen LogP) is 6.53. The summed E-state index contributed by atoms with van der Waals surface area (Å²) in [7, 11) is 0. The molecule has 0 atom stereocenters. The molecule has 1 heterocycles. The van der Waals surface area contributed by atoms with Crippen molar-refractivity contribution in [2.75, 3.05) is 26.2 Å². The summed E-state index contributed by atoms with van der Waals surface area (Å²) < 4.78 is 6.02. The van der Waals surface area contributed by atoms with E-state index >= 15 is 0 Å². The van der Waals surface area contributed by atoms with Crippen LogP contribution in [-0.2, 0) is 0 Å². The molecule has 4 rings (SSSR count). The molecule has 30 heavy (non-hydrogen) atoms. The summed E-state index contributed by atoms with van der Waals surface area (Å²) in [4.78, 5) is 2.48. The van der Waals surface area contributed by atoms with Gasteiger partial charge in [-0.3, -0.25) is 4.90 Å². The smallest absolute Gasteiger partial charge is 0.119 e. The first-order valence-corrected chi connectivity index (χ1v) is 11.1. The van der Waals surface area contributed by atoms with Gasteiger partial charge in [0.15, 0.2) is 0 Å². The third kappa shape index (κ3) is 5.01. The molecule has 0 bridgehead atoms. The molecular weight excluding hydrogens is 366 g/mol. The van der Waals surface area contributed by atoms with Crippen LogP contribution in [0.3, 0.4) is 0 Å². The standard InChI is InChI=1S/C28H31NO/c1-2-27(23-11-5-3-6-12-23)28(24-13-7-4-8-14-24)25-15-17-26(18-16-25)30-22-21-29-19-9-10-20-29/h3-8,11-18H,2,9-10,19-22H2,1H3/b28-27-. The molecule has 0 saturated carbocycles. The van der Waals surface area contributed by atoms with Crippen LogP contribution in [0.15, 0.2) is 84.9 Å². The monoisotopic (exact) mass is 397 g/mol. The van der Waals surface area contributed by atoms with E-state index in [1.807, 2.05) is 0 Å². The lowest BCUT2D eigenvalue weighted by molar-refractivity contribution is 0.238. The highest BCUT2D eigenvalue weighted by Crippen LogP contribution is 2.34. The zero-order valence-corrected chi connectivity index (χ0v) is 17.9. The summed E-state index contributed by atoms with van der Waals surface area (Å²) in [6.45, 7) is 6.44. The summed E-state index contributed by atoms with van der Waals surface area (Å²) >= 11 is 0. The number of nitrogens with zero attached hydrogens (tertiary/aromatic N) is 1. The van der Waals surface area contributed by atoms with E-state index in [0.717, 1.165) is 25.3 Å². The molecule has 0 amide bonds. The Kier molecular flexibility index (Phi) is 6.99. The molecule has 3 aromatic rings. The number of benzene rings is 3. The Morgan fingerprint density at radius 3 is 1.90 bits per heavy atom. The molecular formula is C28H31NO. The minimum atomic E-state index is 0.755. The average molecular weight is 398 g/mol. The summed E-state index contributed by atoms with van der Waals surface area (Å²) in [5.41, 5.74) is 6.43. The predicted molar refractivity (Wildman–Crippen MR) is 127 cm³/mol. The van der Waals surface area contributed by atoms with Crippen LogP contribution in [-0.4, -0.2) is 31.1 Å². The number of hydrogen-bond acceptors (Lipinski definition) is 2. The number of allylic oxidation sites excluding steroid dienone is 1. The topological polar surface area (TPSA) is 12.5 Å². The van der Waals surface area contributed by atoms with Gasteiger partial charge in [0.05, 0.1) is 0 Å². The Balaban J connectivity index is 1.60. The number of likely N-dealkylation sites (tertiary alicyclic amines) is 1. The van der Waals surface area contributed by atoms with Crippen LogP contribution in [0, 0.1) is 0 Å². The second kappa shape index (κ2) is 10.3. The second-order valence-corrected chi connectivity index (χ2v) is 7.86. The van der Waals surface area contributed by atoms with Gasteiger partial charge in [-0.2, -0.15) is 0 Å². The van der Waals surface area contributed by atoms with Gasteiger partial charge in [-0.05, 0) is 72.3 Å². The van der Waals surface area contributed by atoms with Crippen LogP contribution in [0.25, 0.3) is 11.1 Å². The van der Waals surface area contributed by atoms with Gasteiger partial charge in [0.1, 0.15) is 12.4 Å². The fourth-order valence-corrected chi connectivity index (χ4v) is 4.30. The fraction of sp³-hybridized carbons (Fsp3) is 0.286. The Morgan fingerprint density at radius 2 is 1.30 bits per heavy atom. The average Bonchev–Trinajstić information content (AvgIpc) is 3.33. The van der Waals surface area contributed by atoms with Crippen molar-refractivity contribution in [3.8, 4) is 5.75 Å². The number of hydrogen-bond donors (Lipinski definition) is 0. The minimum absolute atomic E-state index is 0.755. The molecule has 1 fully saturated rings. The van der Waals surface area contributed by atoms with Crippen molar-refractivity contribution in [1.29, 1.82) is 0 Å². The molecule has 0 aromatic heterocycles. The molecule has 0 spiro atoms. The lowest BCUT2D eigenvalue weighted by atomic mass is 9.88. The molecule has 1 aliphatic heterocycles. The van der Waals surface area contributed by atoms with Gasteiger partial charge in [0.2, 0.25) is 0 Å². The van der Waals surface area contributed by atoms with Crippen molar-refractivity contribution in [3.63, 3.8) is 0 Å². The van der Waals surface area contributed by atoms with Crippen molar-refractivity contribution in [3.05, 3.63) is 102 Å². The molecule has 1 saturated heterocycles. The molecule has 1 aliphatic rings. The van der Waals surface area contributed by atoms with Crippen LogP contribution < -0.4 is 4.74 Å². The van der Waals surface area contributed by atoms with E-state index in [1.54, 1.807) is 0 Å². The first kappa shape index (κ1) is 20.4. The van der Waals surface area contributed by atoms with E-state index in [0.29, 0.717) is 0 Å². The van der Waals surface area contributed by atoms with E-state index in [9.17, 15) is 0 Å². The largest absolute Gasteiger partial charge is 0.492 e. The van der Waals surface area contributed by atoms with Crippen molar-refractivity contribution >= 4 is 11.1 Å². The third-order valence-electron chi connectivity index (χ3n) is 5.86. The molecule has 3 aromatic carbocycles. The number of rotatable bonds is 8. The van der Waals surface area contributed by atoms with E-state index < -0.39 is 0 Å². The van der Waals surface area contributed by atoms with E-state index in [-0.39, 0.29) is 0 Å². The summed E-state index contributed by atoms with van der Waals surface area (Å²) in [5, 5.41) is 0. The zero-order chi connectivity index (χ0) is 20.6. The Labute approximate surface area is 180 Å². The van der Waals surface area contributed by atoms with Gasteiger partial charge >= 0.3 is 0 Å². The van der Waals surface area contributed by atoms with Gasteiger partial charge in [-0.15, -0.1) is 0 Å². The van der Waals surface area contributed by atoms with E-state index in [4.69, 9.17) is 4.74 Å². The summed E-state index contributed by atoms with van der Waals surface area (Å²) in [5.74, 6) is 0.947. The normalized spacial score (nSPS) is 15.1. The van der Waals surface area contributed by atoms with Gasteiger partial charge < -0.3 is 4.74 Å². The summed E-state index contributed by atoms with van der Waals surface area (Å²) in [6.07, 6.45) is 3.62. The Hall–Kier alpha value is -2.84. The van der Waals surface area contributed by atoms with Crippen molar-refractivity contribution in [2.24, 2.45) is 0 Å². The van der Waals surface area contributed by atoms with Crippen molar-refractivity contribution in [1.82, 2.24) is 4.90 Å². The third-order valence-corrected chi connectivity index (χ3v) is 5.86. The molecule has 154 valence electrons. The molecule has 2 nitrogen and oxygen atoms in total. The van der Waals surface area contributed by atoms with E-state index in [2.05, 4.69) is 96.8 Å². The van der Waals surface area contributed by atoms with Crippen molar-refractivity contribution < 1.29 is 4.74 Å². The molecule has 0 N–H and O–H groups in total. The highest BCUT2D eigenvalue weighted by atomic mass is 16.5. The van der Waals surface area contributed by atoms with Crippen molar-refractivity contribution in [2.45, 2.75) is 26.2 Å². The first-order valence-electron chi connectivity index (χ1n) is 11.1. The Morgan fingerprint density at radius 1 is 0.733 bits per heavy atom. The van der Waals surface area contributed by atoms with E-state index in [1.165, 1.54) is 53.8 Å². The SMILES string of the molecule is CC/C(=C(\c1ccccc1)c1ccc(OCCN2CCCC2)cc1)c1ccccc1. The van der Waals surface area contributed by atoms with Crippen LogP contribution in [0.1, 0.15) is 42.9 Å². The summed E-state index contributed by atoms with van der Waals surface area (Å²) in [6, 6.07) is 30.1. The molecule has 0 radical (unpaired) electrons. The van der Waals surface area contributed by atoms with Gasteiger partial charge in [-0.1, -0.05) is 79.7 Å². The Bertz CT molecular complexity index is 939. The van der Waals surface area contributed by atoms with Crippen LogP contribution in [0.4, 0.5) is 0 Å². The fourth-order valence-electron chi connectivity index (χ4n) is 4.30. The highest BCUT2D eigenvalue weighted by molar-refractivity contribution is 5.98. The quantitative estimate of drug-likeness (QED) is 0.401. The lowest BCUT2D eigenvalue weighted by Crippen LogP contribution is -2.25. The van der Waals surface area contributed by atoms with Gasteiger partial charge in [-0.25, -0.2) is 0 Å². The van der Waals surface area contributed by atoms with Crippen LogP contribution in [0.5, 0.6) is 5.75 Å². The molecule has 0 aliphatic carbocycles. The van der Waals surface area contributed by atoms with Crippen LogP contribution in [0.2, 0.25) is 0 Å². The number of ether oxygens (including phenoxy) is 1. The maximum absolute atomic E-state index is 6.02. The second-order valence-electron chi connectivity index (χ2n) is 7.86.